The van der Waals surface area contributed by atoms with E-state index in [0.717, 1.165) is 53.2 Å². The van der Waals surface area contributed by atoms with Gasteiger partial charge in [0, 0.05) is 19.5 Å². The Morgan fingerprint density at radius 2 is 1.52 bits per heavy atom. The Labute approximate surface area is 201 Å². The van der Waals surface area contributed by atoms with Gasteiger partial charge in [-0.05, 0) is 61.9 Å². The lowest BCUT2D eigenvalue weighted by Gasteiger charge is -2.22. The summed E-state index contributed by atoms with van der Waals surface area (Å²) in [5.41, 5.74) is 2.25. The Hall–Kier alpha value is -2.62. The lowest BCUT2D eigenvalue weighted by Crippen LogP contribution is -2.12. The van der Waals surface area contributed by atoms with Gasteiger partial charge in [-0.3, -0.25) is 0 Å². The van der Waals surface area contributed by atoms with Crippen LogP contribution in [-0.2, 0) is 0 Å². The molecule has 1 aliphatic rings. The number of hydrogen-bond acceptors (Lipinski definition) is 4. The molecule has 0 saturated heterocycles. The van der Waals surface area contributed by atoms with E-state index >= 15 is 0 Å². The highest BCUT2D eigenvalue weighted by Gasteiger charge is 2.13. The fraction of sp³-hybridized carbons (Fsp3) is 0.517. The summed E-state index contributed by atoms with van der Waals surface area (Å²) in [4.78, 5) is 10.8. The monoisotopic (exact) mass is 449 g/mol. The topological polar surface area (TPSA) is 38.2 Å². The molecule has 1 fully saturated rings. The van der Waals surface area contributed by atoms with Gasteiger partial charge in [0.15, 0.2) is 0 Å². The van der Waals surface area contributed by atoms with Gasteiger partial charge < -0.3 is 9.64 Å². The maximum Gasteiger partial charge on any atom is 0.139 e. The van der Waals surface area contributed by atoms with Crippen molar-refractivity contribution in [1.82, 2.24) is 9.97 Å². The summed E-state index contributed by atoms with van der Waals surface area (Å²) in [6, 6.07) is 16.2. The Morgan fingerprint density at radius 3 is 2.09 bits per heavy atom. The van der Waals surface area contributed by atoms with Gasteiger partial charge in [0.25, 0.3) is 0 Å². The quantitative estimate of drug-likeness (QED) is 0.410. The highest BCUT2D eigenvalue weighted by Crippen LogP contribution is 2.27. The maximum absolute atomic E-state index is 5.44. The molecule has 33 heavy (non-hydrogen) atoms. The molecule has 1 aromatic heterocycles. The Morgan fingerprint density at radius 1 is 0.879 bits per heavy atom. The third-order valence-electron chi connectivity index (χ3n) is 5.89. The molecule has 0 atom stereocenters. The predicted octanol–water partition coefficient (Wildman–Crippen LogP) is 7.62. The second-order valence-electron chi connectivity index (χ2n) is 9.54. The van der Waals surface area contributed by atoms with E-state index in [1.54, 1.807) is 0 Å². The molecule has 0 amide bonds. The van der Waals surface area contributed by atoms with Crippen LogP contribution < -0.4 is 9.64 Å². The summed E-state index contributed by atoms with van der Waals surface area (Å²) >= 11 is 0. The molecule has 180 valence electrons. The number of anilines is 1. The summed E-state index contributed by atoms with van der Waals surface area (Å²) < 4.78 is 5.44. The molecule has 4 rings (SSSR count). The van der Waals surface area contributed by atoms with Gasteiger partial charge in [0.2, 0.25) is 0 Å². The van der Waals surface area contributed by atoms with E-state index in [1.807, 2.05) is 62.3 Å². The largest absolute Gasteiger partial charge is 0.494 e. The van der Waals surface area contributed by atoms with E-state index in [0.29, 0.717) is 0 Å². The number of nitrogens with zero attached hydrogens (tertiary/aromatic N) is 3. The molecular weight excluding hydrogens is 406 g/mol. The van der Waals surface area contributed by atoms with Crippen LogP contribution >= 0.6 is 0 Å². The van der Waals surface area contributed by atoms with Crippen LogP contribution in [0, 0.1) is 25.7 Å². The predicted molar refractivity (Wildman–Crippen MR) is 142 cm³/mol. The van der Waals surface area contributed by atoms with Crippen LogP contribution in [0.1, 0.15) is 64.3 Å². The van der Waals surface area contributed by atoms with Crippen LogP contribution in [0.15, 0.2) is 48.5 Å². The van der Waals surface area contributed by atoms with Gasteiger partial charge in [0.05, 0.1) is 12.1 Å². The highest BCUT2D eigenvalue weighted by molar-refractivity contribution is 5.89. The fourth-order valence-electron chi connectivity index (χ4n) is 3.87. The average Bonchev–Trinajstić information content (AvgIpc) is 2.80. The van der Waals surface area contributed by atoms with E-state index in [2.05, 4.69) is 49.8 Å². The third-order valence-corrected chi connectivity index (χ3v) is 5.89. The SMILES string of the molecule is CC1CCC(C)CC1.CCCOc1cccc(C)c1.Cc1nc(N(C)C)c2ccccc2n1. The number of para-hydroxylation sites is 1. The van der Waals surface area contributed by atoms with Gasteiger partial charge >= 0.3 is 0 Å². The van der Waals surface area contributed by atoms with Crippen molar-refractivity contribution in [3.8, 4) is 5.75 Å². The molecule has 2 aromatic carbocycles. The van der Waals surface area contributed by atoms with Gasteiger partial charge in [0.1, 0.15) is 17.4 Å². The number of fused-ring (bicyclic) bond motifs is 1. The zero-order valence-corrected chi connectivity index (χ0v) is 21.8. The van der Waals surface area contributed by atoms with E-state index in [9.17, 15) is 0 Å². The minimum absolute atomic E-state index is 0.809. The fourth-order valence-corrected chi connectivity index (χ4v) is 3.87. The number of benzene rings is 2. The highest BCUT2D eigenvalue weighted by atomic mass is 16.5. The normalized spacial score (nSPS) is 17.3. The standard InChI is InChI=1S/C11H13N3.C10H14O.C8H16/c1-8-12-10-7-5-4-6-9(10)11(13-8)14(2)3;1-3-7-11-10-6-4-5-9(2)8-10;1-7-3-5-8(2)6-4-7/h4-7H,1-3H3;4-6,8H,3,7H2,1-2H3;7-8H,3-6H2,1-2H3. The van der Waals surface area contributed by atoms with Crippen molar-refractivity contribution in [2.45, 2.75) is 66.7 Å². The molecule has 0 aliphatic heterocycles. The first-order valence-corrected chi connectivity index (χ1v) is 12.4. The molecular formula is C29H43N3O. The first-order valence-electron chi connectivity index (χ1n) is 12.4. The van der Waals surface area contributed by atoms with Crippen molar-refractivity contribution in [1.29, 1.82) is 0 Å². The summed E-state index contributed by atoms with van der Waals surface area (Å²) in [5, 5.41) is 1.10. The number of aryl methyl sites for hydroxylation is 2. The minimum atomic E-state index is 0.809. The molecule has 0 radical (unpaired) electrons. The Kier molecular flexibility index (Phi) is 11.2. The molecule has 0 spiro atoms. The number of hydrogen-bond donors (Lipinski definition) is 0. The first kappa shape index (κ1) is 26.6. The van der Waals surface area contributed by atoms with Crippen LogP contribution in [0.25, 0.3) is 10.9 Å². The zero-order chi connectivity index (χ0) is 24.2. The molecule has 3 aromatic rings. The average molecular weight is 450 g/mol. The molecule has 1 heterocycles. The van der Waals surface area contributed by atoms with Crippen LogP contribution in [-0.4, -0.2) is 30.7 Å². The molecule has 4 nitrogen and oxygen atoms in total. The number of ether oxygens (including phenoxy) is 1. The molecule has 4 heteroatoms. The Balaban J connectivity index is 0.000000182. The van der Waals surface area contributed by atoms with Crippen LogP contribution in [0.2, 0.25) is 0 Å². The van der Waals surface area contributed by atoms with Crippen molar-refractivity contribution in [2.24, 2.45) is 11.8 Å². The van der Waals surface area contributed by atoms with E-state index in [4.69, 9.17) is 4.74 Å². The van der Waals surface area contributed by atoms with Gasteiger partial charge in [-0.15, -0.1) is 0 Å². The summed E-state index contributed by atoms with van der Waals surface area (Å²) in [6.07, 6.45) is 6.96. The minimum Gasteiger partial charge on any atom is -0.494 e. The third kappa shape index (κ3) is 9.41. The molecule has 0 unspecified atom stereocenters. The summed E-state index contributed by atoms with van der Waals surface area (Å²) in [6.45, 7) is 11.6. The molecule has 0 bridgehead atoms. The number of rotatable bonds is 4. The van der Waals surface area contributed by atoms with Gasteiger partial charge in [-0.2, -0.15) is 0 Å². The van der Waals surface area contributed by atoms with Crippen LogP contribution in [0.5, 0.6) is 5.75 Å². The smallest absolute Gasteiger partial charge is 0.139 e. The van der Waals surface area contributed by atoms with Gasteiger partial charge in [-0.1, -0.05) is 70.7 Å². The van der Waals surface area contributed by atoms with Crippen molar-refractivity contribution < 1.29 is 4.74 Å². The second-order valence-corrected chi connectivity index (χ2v) is 9.54. The van der Waals surface area contributed by atoms with Crippen LogP contribution in [0.4, 0.5) is 5.82 Å². The Bertz CT molecular complexity index is 952. The van der Waals surface area contributed by atoms with Crippen molar-refractivity contribution in [2.75, 3.05) is 25.6 Å². The number of aromatic nitrogens is 2. The molecule has 1 aliphatic carbocycles. The first-order chi connectivity index (χ1) is 15.8. The van der Waals surface area contributed by atoms with Crippen molar-refractivity contribution in [3.63, 3.8) is 0 Å². The maximum atomic E-state index is 5.44. The van der Waals surface area contributed by atoms with Crippen molar-refractivity contribution >= 4 is 16.7 Å². The summed E-state index contributed by atoms with van der Waals surface area (Å²) in [7, 11) is 3.99. The molecule has 1 saturated carbocycles. The zero-order valence-electron chi connectivity index (χ0n) is 21.8. The molecule has 0 N–H and O–H groups in total. The second kappa shape index (κ2) is 13.8. The summed E-state index contributed by atoms with van der Waals surface area (Å²) in [5.74, 6) is 4.81. The lowest BCUT2D eigenvalue weighted by molar-refractivity contribution is 0.308. The van der Waals surface area contributed by atoms with E-state index in [1.165, 1.54) is 31.2 Å². The van der Waals surface area contributed by atoms with Crippen molar-refractivity contribution in [3.05, 3.63) is 59.9 Å². The lowest BCUT2D eigenvalue weighted by atomic mass is 9.84. The van der Waals surface area contributed by atoms with Gasteiger partial charge in [-0.25, -0.2) is 9.97 Å². The van der Waals surface area contributed by atoms with E-state index < -0.39 is 0 Å². The van der Waals surface area contributed by atoms with Crippen LogP contribution in [0.3, 0.4) is 0 Å². The van der Waals surface area contributed by atoms with E-state index in [-0.39, 0.29) is 0 Å².